The van der Waals surface area contributed by atoms with E-state index in [1.165, 1.54) is 11.1 Å². The Balaban J connectivity index is 2.27. The van der Waals surface area contributed by atoms with Gasteiger partial charge in [0.05, 0.1) is 12.7 Å². The molecule has 0 heterocycles. The van der Waals surface area contributed by atoms with Gasteiger partial charge in [-0.2, -0.15) is 0 Å². The average molecular weight is 222 g/mol. The van der Waals surface area contributed by atoms with Crippen LogP contribution in [0.2, 0.25) is 0 Å². The fraction of sp³-hybridized carbons (Fsp3) is 0.571. The molecule has 90 valence electrons. The van der Waals surface area contributed by atoms with Crippen LogP contribution in [0, 0.1) is 13.8 Å². The number of unbranched alkanes of at least 4 members (excludes halogenated alkanes) is 1. The summed E-state index contributed by atoms with van der Waals surface area (Å²) in [6, 6.07) is 6.22. The van der Waals surface area contributed by atoms with Gasteiger partial charge in [-0.1, -0.05) is 17.7 Å². The van der Waals surface area contributed by atoms with E-state index < -0.39 is 0 Å². The van der Waals surface area contributed by atoms with Crippen LogP contribution in [0.3, 0.4) is 0 Å². The van der Waals surface area contributed by atoms with Crippen molar-refractivity contribution in [2.24, 2.45) is 0 Å². The Morgan fingerprint density at radius 3 is 2.62 bits per heavy atom. The average Bonchev–Trinajstić information content (AvgIpc) is 2.20. The molecule has 1 unspecified atom stereocenters. The Labute approximate surface area is 98.3 Å². The van der Waals surface area contributed by atoms with E-state index in [0.29, 0.717) is 0 Å². The van der Waals surface area contributed by atoms with Crippen molar-refractivity contribution in [3.63, 3.8) is 0 Å². The second-order valence-electron chi connectivity index (χ2n) is 4.46. The first kappa shape index (κ1) is 13.0. The lowest BCUT2D eigenvalue weighted by Crippen LogP contribution is -2.03. The minimum atomic E-state index is -0.193. The predicted octanol–water partition coefficient (Wildman–Crippen LogP) is 3.23. The first-order chi connectivity index (χ1) is 7.59. The van der Waals surface area contributed by atoms with Crippen LogP contribution >= 0.6 is 0 Å². The lowest BCUT2D eigenvalue weighted by Gasteiger charge is -2.10. The molecule has 0 saturated heterocycles. The molecule has 0 spiro atoms. The lowest BCUT2D eigenvalue weighted by molar-refractivity contribution is 0.177. The highest BCUT2D eigenvalue weighted by molar-refractivity contribution is 5.35. The Kier molecular flexibility index (Phi) is 5.33. The Hall–Kier alpha value is -1.02. The van der Waals surface area contributed by atoms with E-state index in [9.17, 15) is 0 Å². The monoisotopic (exact) mass is 222 g/mol. The maximum atomic E-state index is 9.10. The number of ether oxygens (including phenoxy) is 1. The normalized spacial score (nSPS) is 12.5. The summed E-state index contributed by atoms with van der Waals surface area (Å²) in [5, 5.41) is 9.10. The third kappa shape index (κ3) is 4.67. The zero-order valence-corrected chi connectivity index (χ0v) is 10.5. The van der Waals surface area contributed by atoms with Gasteiger partial charge in [0.25, 0.3) is 0 Å². The third-order valence-electron chi connectivity index (χ3n) is 2.60. The second-order valence-corrected chi connectivity index (χ2v) is 4.46. The Morgan fingerprint density at radius 2 is 2.00 bits per heavy atom. The van der Waals surface area contributed by atoms with Crippen LogP contribution in [0.5, 0.6) is 5.75 Å². The van der Waals surface area contributed by atoms with Crippen molar-refractivity contribution >= 4 is 0 Å². The van der Waals surface area contributed by atoms with Gasteiger partial charge in [0, 0.05) is 0 Å². The van der Waals surface area contributed by atoms with E-state index in [1.807, 2.05) is 13.0 Å². The number of hydrogen-bond acceptors (Lipinski definition) is 2. The molecule has 0 radical (unpaired) electrons. The lowest BCUT2D eigenvalue weighted by atomic mass is 10.1. The number of benzene rings is 1. The molecule has 1 atom stereocenters. The van der Waals surface area contributed by atoms with Crippen molar-refractivity contribution in [2.45, 2.75) is 46.1 Å². The van der Waals surface area contributed by atoms with Crippen LogP contribution in [-0.4, -0.2) is 17.8 Å². The minimum Gasteiger partial charge on any atom is -0.493 e. The van der Waals surface area contributed by atoms with Crippen LogP contribution in [0.1, 0.15) is 37.3 Å². The van der Waals surface area contributed by atoms with Crippen molar-refractivity contribution < 1.29 is 9.84 Å². The number of rotatable bonds is 6. The first-order valence-corrected chi connectivity index (χ1v) is 5.97. The van der Waals surface area contributed by atoms with Crippen molar-refractivity contribution in [2.75, 3.05) is 6.61 Å². The number of aliphatic hydroxyl groups is 1. The van der Waals surface area contributed by atoms with Crippen LogP contribution in [0.25, 0.3) is 0 Å². The van der Waals surface area contributed by atoms with E-state index >= 15 is 0 Å². The molecule has 0 aromatic heterocycles. The maximum absolute atomic E-state index is 9.10. The van der Waals surface area contributed by atoms with Gasteiger partial charge in [-0.15, -0.1) is 0 Å². The predicted molar refractivity (Wildman–Crippen MR) is 66.9 cm³/mol. The molecule has 2 nitrogen and oxygen atoms in total. The quantitative estimate of drug-likeness (QED) is 0.749. The number of hydrogen-bond donors (Lipinski definition) is 1. The van der Waals surface area contributed by atoms with Crippen molar-refractivity contribution in [1.29, 1.82) is 0 Å². The highest BCUT2D eigenvalue weighted by atomic mass is 16.5. The van der Waals surface area contributed by atoms with Crippen LogP contribution in [-0.2, 0) is 0 Å². The van der Waals surface area contributed by atoms with Crippen molar-refractivity contribution in [3.05, 3.63) is 29.3 Å². The van der Waals surface area contributed by atoms with E-state index in [0.717, 1.165) is 31.6 Å². The molecule has 0 aliphatic carbocycles. The van der Waals surface area contributed by atoms with E-state index in [-0.39, 0.29) is 6.10 Å². The number of aryl methyl sites for hydroxylation is 2. The smallest absolute Gasteiger partial charge is 0.122 e. The first-order valence-electron chi connectivity index (χ1n) is 5.97. The summed E-state index contributed by atoms with van der Waals surface area (Å²) in [6.45, 7) is 6.71. The Bertz CT molecular complexity index is 319. The second kappa shape index (κ2) is 6.54. The zero-order chi connectivity index (χ0) is 12.0. The van der Waals surface area contributed by atoms with Gasteiger partial charge in [-0.3, -0.25) is 0 Å². The molecule has 1 rings (SSSR count). The van der Waals surface area contributed by atoms with Crippen molar-refractivity contribution in [3.8, 4) is 5.75 Å². The molecular weight excluding hydrogens is 200 g/mol. The highest BCUT2D eigenvalue weighted by Gasteiger charge is 2.00. The third-order valence-corrected chi connectivity index (χ3v) is 2.60. The summed E-state index contributed by atoms with van der Waals surface area (Å²) >= 11 is 0. The highest BCUT2D eigenvalue weighted by Crippen LogP contribution is 2.19. The molecule has 16 heavy (non-hydrogen) atoms. The summed E-state index contributed by atoms with van der Waals surface area (Å²) in [5.74, 6) is 0.975. The summed E-state index contributed by atoms with van der Waals surface area (Å²) in [6.07, 6.45) is 2.68. The van der Waals surface area contributed by atoms with Gasteiger partial charge in [-0.05, 0) is 51.7 Å². The molecule has 0 amide bonds. The summed E-state index contributed by atoms with van der Waals surface area (Å²) in [7, 11) is 0. The van der Waals surface area contributed by atoms with E-state index in [4.69, 9.17) is 9.84 Å². The van der Waals surface area contributed by atoms with E-state index in [1.54, 1.807) is 0 Å². The minimum absolute atomic E-state index is 0.193. The maximum Gasteiger partial charge on any atom is 0.122 e. The van der Waals surface area contributed by atoms with Crippen LogP contribution in [0.4, 0.5) is 0 Å². The van der Waals surface area contributed by atoms with Gasteiger partial charge >= 0.3 is 0 Å². The van der Waals surface area contributed by atoms with Gasteiger partial charge in [0.2, 0.25) is 0 Å². The zero-order valence-electron chi connectivity index (χ0n) is 10.5. The Morgan fingerprint density at radius 1 is 1.25 bits per heavy atom. The fourth-order valence-corrected chi connectivity index (χ4v) is 1.69. The largest absolute Gasteiger partial charge is 0.493 e. The molecule has 1 aromatic rings. The standard InChI is InChI=1S/C14H22O2/c1-11-7-8-14(12(2)10-11)16-9-5-4-6-13(3)15/h7-8,10,13,15H,4-6,9H2,1-3H3. The molecule has 0 aliphatic heterocycles. The van der Waals surface area contributed by atoms with Crippen molar-refractivity contribution in [1.82, 2.24) is 0 Å². The summed E-state index contributed by atoms with van der Waals surface area (Å²) < 4.78 is 5.69. The molecule has 1 aromatic carbocycles. The molecular formula is C14H22O2. The van der Waals surface area contributed by atoms with Gasteiger partial charge < -0.3 is 9.84 Å². The fourth-order valence-electron chi connectivity index (χ4n) is 1.69. The van der Waals surface area contributed by atoms with Crippen LogP contribution < -0.4 is 4.74 Å². The molecule has 0 fully saturated rings. The molecule has 0 saturated carbocycles. The van der Waals surface area contributed by atoms with Crippen LogP contribution in [0.15, 0.2) is 18.2 Å². The summed E-state index contributed by atoms with van der Waals surface area (Å²) in [4.78, 5) is 0. The SMILES string of the molecule is Cc1ccc(OCCCCC(C)O)c(C)c1. The number of aliphatic hydroxyl groups excluding tert-OH is 1. The van der Waals surface area contributed by atoms with Gasteiger partial charge in [0.1, 0.15) is 5.75 Å². The molecule has 1 N–H and O–H groups in total. The van der Waals surface area contributed by atoms with E-state index in [2.05, 4.69) is 26.0 Å². The van der Waals surface area contributed by atoms with Gasteiger partial charge in [-0.25, -0.2) is 0 Å². The molecule has 0 aliphatic rings. The molecule has 2 heteroatoms. The summed E-state index contributed by atoms with van der Waals surface area (Å²) in [5.41, 5.74) is 2.45. The molecule has 0 bridgehead atoms. The topological polar surface area (TPSA) is 29.5 Å². The van der Waals surface area contributed by atoms with Gasteiger partial charge in [0.15, 0.2) is 0 Å².